The molecule has 0 aliphatic carbocycles. The maximum atomic E-state index is 5.95. The van der Waals surface area contributed by atoms with E-state index in [0.29, 0.717) is 5.82 Å². The van der Waals surface area contributed by atoms with Gasteiger partial charge in [-0.3, -0.25) is 0 Å². The maximum absolute atomic E-state index is 5.95. The summed E-state index contributed by atoms with van der Waals surface area (Å²) in [7, 11) is 0. The molecule has 0 bridgehead atoms. The summed E-state index contributed by atoms with van der Waals surface area (Å²) in [5.74, 6) is 1.37. The molecule has 108 valence electrons. The van der Waals surface area contributed by atoms with Crippen LogP contribution in [0.5, 0.6) is 0 Å². The number of benzene rings is 1. The number of hydrogen-bond acceptors (Lipinski definition) is 4. The molecular formula is C16H11BrN4S. The Labute approximate surface area is 138 Å². The van der Waals surface area contributed by atoms with Crippen LogP contribution in [0.3, 0.4) is 0 Å². The van der Waals surface area contributed by atoms with E-state index in [0.717, 1.165) is 37.0 Å². The summed E-state index contributed by atoms with van der Waals surface area (Å²) in [5.41, 5.74) is 8.97. The number of nitrogens with one attached hydrogen (secondary N) is 1. The molecule has 0 aliphatic heterocycles. The standard InChI is InChI=1S/C16H11BrN4S/c17-10-8-22-15-9(7-19-16(18)14(10)15)5-6-13-20-11-3-1-2-4-12(11)21-13/h1-8H,(H2,18,19)(H,20,21)/b6-5+. The minimum atomic E-state index is 0.545. The summed E-state index contributed by atoms with van der Waals surface area (Å²) in [5, 5.41) is 3.00. The molecule has 0 fully saturated rings. The summed E-state index contributed by atoms with van der Waals surface area (Å²) in [4.78, 5) is 12.1. The number of para-hydroxylation sites is 2. The lowest BCUT2D eigenvalue weighted by Gasteiger charge is -2.00. The highest BCUT2D eigenvalue weighted by Gasteiger charge is 2.09. The minimum Gasteiger partial charge on any atom is -0.383 e. The van der Waals surface area contributed by atoms with Crippen molar-refractivity contribution in [3.05, 3.63) is 51.7 Å². The van der Waals surface area contributed by atoms with Crippen LogP contribution in [-0.4, -0.2) is 15.0 Å². The Morgan fingerprint density at radius 2 is 2.09 bits per heavy atom. The Morgan fingerprint density at radius 1 is 1.23 bits per heavy atom. The van der Waals surface area contributed by atoms with E-state index in [4.69, 9.17) is 5.73 Å². The number of H-pyrrole nitrogens is 1. The summed E-state index contributed by atoms with van der Waals surface area (Å²) in [6.45, 7) is 0. The number of thiophene rings is 1. The monoisotopic (exact) mass is 370 g/mol. The number of halogens is 1. The number of hydrogen-bond donors (Lipinski definition) is 2. The maximum Gasteiger partial charge on any atom is 0.133 e. The van der Waals surface area contributed by atoms with Crippen LogP contribution in [0.1, 0.15) is 11.4 Å². The van der Waals surface area contributed by atoms with Gasteiger partial charge in [0.25, 0.3) is 0 Å². The van der Waals surface area contributed by atoms with Crippen molar-refractivity contribution in [2.24, 2.45) is 0 Å². The highest BCUT2D eigenvalue weighted by molar-refractivity contribution is 9.10. The summed E-state index contributed by atoms with van der Waals surface area (Å²) < 4.78 is 2.10. The average molecular weight is 371 g/mol. The van der Waals surface area contributed by atoms with Gasteiger partial charge in [-0.15, -0.1) is 11.3 Å². The van der Waals surface area contributed by atoms with Crippen LogP contribution in [0.4, 0.5) is 5.82 Å². The molecule has 3 aromatic heterocycles. The lowest BCUT2D eigenvalue weighted by molar-refractivity contribution is 1.29. The quantitative estimate of drug-likeness (QED) is 0.537. The van der Waals surface area contributed by atoms with E-state index in [1.54, 1.807) is 17.5 Å². The highest BCUT2D eigenvalue weighted by Crippen LogP contribution is 2.36. The highest BCUT2D eigenvalue weighted by atomic mass is 79.9. The van der Waals surface area contributed by atoms with Crippen molar-refractivity contribution in [1.82, 2.24) is 15.0 Å². The van der Waals surface area contributed by atoms with Crippen molar-refractivity contribution in [2.75, 3.05) is 5.73 Å². The number of imidazole rings is 1. The number of aromatic nitrogens is 3. The Kier molecular flexibility index (Phi) is 3.20. The van der Waals surface area contributed by atoms with Gasteiger partial charge in [0.2, 0.25) is 0 Å². The second-order valence-corrected chi connectivity index (χ2v) is 6.59. The third-order valence-corrected chi connectivity index (χ3v) is 5.39. The number of pyridine rings is 1. The predicted octanol–water partition coefficient (Wildman–Crippen LogP) is 4.69. The van der Waals surface area contributed by atoms with Gasteiger partial charge in [-0.05, 0) is 40.2 Å². The van der Waals surface area contributed by atoms with Gasteiger partial charge in [-0.1, -0.05) is 12.1 Å². The van der Waals surface area contributed by atoms with E-state index in [1.165, 1.54) is 0 Å². The minimum absolute atomic E-state index is 0.545. The fraction of sp³-hybridized carbons (Fsp3) is 0. The van der Waals surface area contributed by atoms with E-state index >= 15 is 0 Å². The van der Waals surface area contributed by atoms with Crippen LogP contribution in [0, 0.1) is 0 Å². The number of anilines is 1. The number of nitrogens with two attached hydrogens (primary N) is 1. The van der Waals surface area contributed by atoms with Gasteiger partial charge in [-0.2, -0.15) is 0 Å². The van der Waals surface area contributed by atoms with Gasteiger partial charge in [0.05, 0.1) is 11.0 Å². The second-order valence-electron chi connectivity index (χ2n) is 4.86. The molecular weight excluding hydrogens is 360 g/mol. The first kappa shape index (κ1) is 13.5. The van der Waals surface area contributed by atoms with Crippen molar-refractivity contribution in [3.63, 3.8) is 0 Å². The molecule has 0 saturated carbocycles. The van der Waals surface area contributed by atoms with Crippen LogP contribution in [0.2, 0.25) is 0 Å². The fourth-order valence-electron chi connectivity index (χ4n) is 2.39. The van der Waals surface area contributed by atoms with E-state index in [1.807, 2.05) is 41.8 Å². The Hall–Kier alpha value is -2.18. The molecule has 4 rings (SSSR count). The van der Waals surface area contributed by atoms with Gasteiger partial charge >= 0.3 is 0 Å². The van der Waals surface area contributed by atoms with Crippen molar-refractivity contribution in [2.45, 2.75) is 0 Å². The van der Waals surface area contributed by atoms with Gasteiger partial charge < -0.3 is 10.7 Å². The van der Waals surface area contributed by atoms with Crippen LogP contribution in [-0.2, 0) is 0 Å². The average Bonchev–Trinajstić information content (AvgIpc) is 3.11. The zero-order chi connectivity index (χ0) is 15.1. The second kappa shape index (κ2) is 5.23. The number of nitrogen functional groups attached to an aromatic ring is 1. The molecule has 3 heterocycles. The molecule has 0 atom stereocenters. The molecule has 0 radical (unpaired) electrons. The first-order chi connectivity index (χ1) is 10.7. The van der Waals surface area contributed by atoms with Gasteiger partial charge in [0.15, 0.2) is 0 Å². The van der Waals surface area contributed by atoms with Crippen molar-refractivity contribution < 1.29 is 0 Å². The topological polar surface area (TPSA) is 67.6 Å². The van der Waals surface area contributed by atoms with Crippen molar-refractivity contribution >= 4 is 66.4 Å². The molecule has 0 saturated heterocycles. The number of rotatable bonds is 2. The lowest BCUT2D eigenvalue weighted by atomic mass is 10.2. The van der Waals surface area contributed by atoms with Crippen molar-refractivity contribution in [1.29, 1.82) is 0 Å². The van der Waals surface area contributed by atoms with E-state index in [9.17, 15) is 0 Å². The van der Waals surface area contributed by atoms with Gasteiger partial charge in [-0.25, -0.2) is 9.97 Å². The summed E-state index contributed by atoms with van der Waals surface area (Å²) in [6, 6.07) is 7.97. The Bertz CT molecular complexity index is 983. The smallest absolute Gasteiger partial charge is 0.133 e. The molecule has 22 heavy (non-hydrogen) atoms. The third kappa shape index (κ3) is 2.20. The lowest BCUT2D eigenvalue weighted by Crippen LogP contribution is -1.91. The largest absolute Gasteiger partial charge is 0.383 e. The third-order valence-electron chi connectivity index (χ3n) is 3.44. The zero-order valence-electron chi connectivity index (χ0n) is 11.4. The summed E-state index contributed by atoms with van der Waals surface area (Å²) >= 11 is 5.17. The predicted molar refractivity (Wildman–Crippen MR) is 96.8 cm³/mol. The molecule has 3 N–H and O–H groups in total. The van der Waals surface area contributed by atoms with Crippen LogP contribution < -0.4 is 5.73 Å². The van der Waals surface area contributed by atoms with Gasteiger partial charge in [0.1, 0.15) is 11.6 Å². The van der Waals surface area contributed by atoms with Gasteiger partial charge in [0, 0.05) is 31.7 Å². The molecule has 0 unspecified atom stereocenters. The molecule has 6 heteroatoms. The molecule has 4 aromatic rings. The molecule has 4 nitrogen and oxygen atoms in total. The molecule has 0 spiro atoms. The molecule has 0 aliphatic rings. The van der Waals surface area contributed by atoms with Crippen molar-refractivity contribution in [3.8, 4) is 0 Å². The van der Waals surface area contributed by atoms with Crippen LogP contribution in [0.25, 0.3) is 33.3 Å². The molecule has 1 aromatic carbocycles. The van der Waals surface area contributed by atoms with E-state index in [2.05, 4.69) is 30.9 Å². The van der Waals surface area contributed by atoms with Crippen LogP contribution >= 0.6 is 27.3 Å². The van der Waals surface area contributed by atoms with Crippen LogP contribution in [0.15, 0.2) is 40.3 Å². The fourth-order valence-corrected chi connectivity index (χ4v) is 4.13. The number of aromatic amines is 1. The normalized spacial score (nSPS) is 11.9. The molecule has 0 amide bonds. The van der Waals surface area contributed by atoms with E-state index in [-0.39, 0.29) is 0 Å². The number of nitrogens with zero attached hydrogens (tertiary/aromatic N) is 2. The first-order valence-corrected chi connectivity index (χ1v) is 8.33. The SMILES string of the molecule is Nc1ncc(/C=C/c2nc3ccccc3[nH]2)c2scc(Br)c12. The number of fused-ring (bicyclic) bond motifs is 2. The first-order valence-electron chi connectivity index (χ1n) is 6.66. The van der Waals surface area contributed by atoms with E-state index < -0.39 is 0 Å². The zero-order valence-corrected chi connectivity index (χ0v) is 13.8. The Morgan fingerprint density at radius 3 is 2.95 bits per heavy atom. The summed E-state index contributed by atoms with van der Waals surface area (Å²) in [6.07, 6.45) is 5.76. The Balaban J connectivity index is 1.78.